The summed E-state index contributed by atoms with van der Waals surface area (Å²) in [5, 5.41) is 9.56. The smallest absolute Gasteiger partial charge is 0.321 e. The van der Waals surface area contributed by atoms with Crippen LogP contribution in [-0.4, -0.2) is 41.8 Å². The van der Waals surface area contributed by atoms with Gasteiger partial charge in [-0.3, -0.25) is 0 Å². The third-order valence-corrected chi connectivity index (χ3v) is 5.04. The third kappa shape index (κ3) is 5.08. The monoisotopic (exact) mass is 400 g/mol. The second-order valence-electron chi connectivity index (χ2n) is 7.39. The molecule has 1 aromatic heterocycles. The van der Waals surface area contributed by atoms with Gasteiger partial charge in [0, 0.05) is 37.2 Å². The van der Waals surface area contributed by atoms with Crippen LogP contribution in [0.2, 0.25) is 0 Å². The summed E-state index contributed by atoms with van der Waals surface area (Å²) in [5.41, 5.74) is 3.72. The molecule has 7 nitrogen and oxygen atoms in total. The largest absolute Gasteiger partial charge is 0.366 e. The molecule has 0 atom stereocenters. The van der Waals surface area contributed by atoms with Crippen molar-refractivity contribution in [1.29, 1.82) is 0 Å². The van der Waals surface area contributed by atoms with Crippen molar-refractivity contribution in [1.82, 2.24) is 14.9 Å². The maximum absolute atomic E-state index is 12.3. The zero-order valence-electron chi connectivity index (χ0n) is 17.1. The Labute approximate surface area is 177 Å². The van der Waals surface area contributed by atoms with E-state index in [0.29, 0.717) is 12.5 Å². The molecule has 0 spiro atoms. The van der Waals surface area contributed by atoms with Gasteiger partial charge >= 0.3 is 6.03 Å². The fourth-order valence-electron chi connectivity index (χ4n) is 3.39. The van der Waals surface area contributed by atoms with Crippen molar-refractivity contribution in [3.05, 3.63) is 66.4 Å². The van der Waals surface area contributed by atoms with Gasteiger partial charge in [-0.2, -0.15) is 4.98 Å². The van der Waals surface area contributed by atoms with Crippen LogP contribution in [0.5, 0.6) is 0 Å². The van der Waals surface area contributed by atoms with E-state index in [4.69, 9.17) is 0 Å². The van der Waals surface area contributed by atoms with E-state index in [1.807, 2.05) is 55.2 Å². The summed E-state index contributed by atoms with van der Waals surface area (Å²) in [4.78, 5) is 23.2. The van der Waals surface area contributed by atoms with Crippen molar-refractivity contribution < 1.29 is 4.79 Å². The molecule has 4 rings (SSSR count). The van der Waals surface area contributed by atoms with E-state index in [1.165, 1.54) is 5.56 Å². The predicted octanol–water partition coefficient (Wildman–Crippen LogP) is 2.72. The van der Waals surface area contributed by atoms with Crippen LogP contribution in [0, 0.1) is 0 Å². The zero-order chi connectivity index (χ0) is 20.8. The molecule has 0 aliphatic carbocycles. The minimum absolute atomic E-state index is 0.0522. The molecule has 0 radical (unpaired) electrons. The Morgan fingerprint density at radius 3 is 2.60 bits per heavy atom. The number of hydrogen-bond acceptors (Lipinski definition) is 5. The SMILES string of the molecule is Bc1cnc(Nc2cccc(NC(=O)N3CCCC3)c2)nc1NCc1ccccc1. The minimum Gasteiger partial charge on any atom is -0.366 e. The van der Waals surface area contributed by atoms with E-state index in [1.54, 1.807) is 6.20 Å². The summed E-state index contributed by atoms with van der Waals surface area (Å²) < 4.78 is 0. The second kappa shape index (κ2) is 9.30. The first-order chi connectivity index (χ1) is 14.7. The zero-order valence-corrected chi connectivity index (χ0v) is 17.1. The topological polar surface area (TPSA) is 82.2 Å². The van der Waals surface area contributed by atoms with Gasteiger partial charge in [-0.15, -0.1) is 0 Å². The van der Waals surface area contributed by atoms with Crippen molar-refractivity contribution >= 4 is 42.5 Å². The highest BCUT2D eigenvalue weighted by molar-refractivity contribution is 6.35. The highest BCUT2D eigenvalue weighted by Gasteiger charge is 2.17. The van der Waals surface area contributed by atoms with E-state index in [0.717, 1.165) is 48.6 Å². The lowest BCUT2D eigenvalue weighted by Gasteiger charge is -2.16. The molecular formula is C22H25BN6O. The molecule has 1 fully saturated rings. The highest BCUT2D eigenvalue weighted by Crippen LogP contribution is 2.19. The fourth-order valence-corrected chi connectivity index (χ4v) is 3.39. The summed E-state index contributed by atoms with van der Waals surface area (Å²) in [6.07, 6.45) is 3.93. The maximum atomic E-state index is 12.3. The molecular weight excluding hydrogens is 375 g/mol. The first-order valence-electron chi connectivity index (χ1n) is 10.2. The van der Waals surface area contributed by atoms with Crippen LogP contribution in [0.1, 0.15) is 18.4 Å². The Bertz CT molecular complexity index is 1010. The predicted molar refractivity (Wildman–Crippen MR) is 124 cm³/mol. The summed E-state index contributed by atoms with van der Waals surface area (Å²) in [6, 6.07) is 17.7. The Kier molecular flexibility index (Phi) is 6.13. The molecule has 1 aliphatic rings. The Hall–Kier alpha value is -3.55. The van der Waals surface area contributed by atoms with Gasteiger partial charge in [0.2, 0.25) is 5.95 Å². The van der Waals surface area contributed by atoms with Crippen molar-refractivity contribution in [2.24, 2.45) is 0 Å². The molecule has 3 N–H and O–H groups in total. The number of aromatic nitrogens is 2. The molecule has 2 aromatic carbocycles. The van der Waals surface area contributed by atoms with Gasteiger partial charge in [-0.25, -0.2) is 9.78 Å². The van der Waals surface area contributed by atoms with Crippen LogP contribution >= 0.6 is 0 Å². The number of amides is 2. The van der Waals surface area contributed by atoms with E-state index in [-0.39, 0.29) is 6.03 Å². The maximum Gasteiger partial charge on any atom is 0.321 e. The number of nitrogens with zero attached hydrogens (tertiary/aromatic N) is 3. The summed E-state index contributed by atoms with van der Waals surface area (Å²) in [5.74, 6) is 1.29. The van der Waals surface area contributed by atoms with Crippen molar-refractivity contribution in [2.45, 2.75) is 19.4 Å². The quantitative estimate of drug-likeness (QED) is 0.555. The van der Waals surface area contributed by atoms with Gasteiger partial charge in [0.05, 0.1) is 0 Å². The van der Waals surface area contributed by atoms with Crippen molar-refractivity contribution in [2.75, 3.05) is 29.0 Å². The number of carbonyl (C=O) groups is 1. The molecule has 0 saturated carbocycles. The van der Waals surface area contributed by atoms with Gasteiger partial charge in [0.15, 0.2) is 0 Å². The summed E-state index contributed by atoms with van der Waals surface area (Å²) >= 11 is 0. The van der Waals surface area contributed by atoms with Crippen LogP contribution in [-0.2, 0) is 6.54 Å². The standard InChI is InChI=1S/C22H25BN6O/c23-19-15-25-21(28-20(19)24-14-16-7-2-1-3-8-16)26-17-9-6-10-18(13-17)27-22(30)29-11-4-5-12-29/h1-3,6-10,13,15H,4-5,11-12,14,23H2,(H,27,30)(H2,24,25,26,28). The van der Waals surface area contributed by atoms with Gasteiger partial charge < -0.3 is 20.9 Å². The molecule has 2 amide bonds. The van der Waals surface area contributed by atoms with Gasteiger partial charge in [0.1, 0.15) is 13.7 Å². The number of benzene rings is 2. The van der Waals surface area contributed by atoms with Gasteiger partial charge in [0.25, 0.3) is 0 Å². The molecule has 1 aliphatic heterocycles. The lowest BCUT2D eigenvalue weighted by atomic mass is 9.99. The molecule has 1 saturated heterocycles. The molecule has 3 aromatic rings. The number of nitrogens with one attached hydrogen (secondary N) is 3. The Balaban J connectivity index is 1.41. The van der Waals surface area contributed by atoms with E-state index < -0.39 is 0 Å². The lowest BCUT2D eigenvalue weighted by Crippen LogP contribution is -2.32. The first kappa shape index (κ1) is 19.8. The van der Waals surface area contributed by atoms with Crippen LogP contribution in [0.4, 0.5) is 27.9 Å². The number of rotatable bonds is 6. The Morgan fingerprint density at radius 1 is 1.03 bits per heavy atom. The van der Waals surface area contributed by atoms with Gasteiger partial charge in [-0.05, 0) is 42.1 Å². The normalized spacial score (nSPS) is 13.1. The molecule has 8 heteroatoms. The third-order valence-electron chi connectivity index (χ3n) is 5.04. The average Bonchev–Trinajstić information content (AvgIpc) is 3.30. The van der Waals surface area contributed by atoms with Crippen LogP contribution in [0.15, 0.2) is 60.8 Å². The number of likely N-dealkylation sites (tertiary alicyclic amines) is 1. The van der Waals surface area contributed by atoms with E-state index in [2.05, 4.69) is 38.1 Å². The number of urea groups is 1. The Morgan fingerprint density at radius 2 is 1.80 bits per heavy atom. The molecule has 30 heavy (non-hydrogen) atoms. The van der Waals surface area contributed by atoms with Crippen LogP contribution in [0.3, 0.4) is 0 Å². The first-order valence-corrected chi connectivity index (χ1v) is 10.2. The fraction of sp³-hybridized carbons (Fsp3) is 0.227. The van der Waals surface area contributed by atoms with E-state index >= 15 is 0 Å². The second-order valence-corrected chi connectivity index (χ2v) is 7.39. The van der Waals surface area contributed by atoms with Crippen molar-refractivity contribution in [3.63, 3.8) is 0 Å². The number of anilines is 4. The van der Waals surface area contributed by atoms with Crippen LogP contribution < -0.4 is 21.4 Å². The molecule has 2 heterocycles. The molecule has 0 unspecified atom stereocenters. The minimum atomic E-state index is -0.0522. The molecule has 0 bridgehead atoms. The molecule has 152 valence electrons. The lowest BCUT2D eigenvalue weighted by molar-refractivity contribution is 0.222. The summed E-state index contributed by atoms with van der Waals surface area (Å²) in [6.45, 7) is 2.33. The number of carbonyl (C=O) groups excluding carboxylic acids is 1. The van der Waals surface area contributed by atoms with Crippen LogP contribution in [0.25, 0.3) is 0 Å². The van der Waals surface area contributed by atoms with E-state index in [9.17, 15) is 4.79 Å². The van der Waals surface area contributed by atoms with Gasteiger partial charge in [-0.1, -0.05) is 36.4 Å². The highest BCUT2D eigenvalue weighted by atomic mass is 16.2. The number of hydrogen-bond donors (Lipinski definition) is 3. The average molecular weight is 400 g/mol. The summed E-state index contributed by atoms with van der Waals surface area (Å²) in [7, 11) is 1.98. The van der Waals surface area contributed by atoms with Crippen molar-refractivity contribution in [3.8, 4) is 0 Å².